The van der Waals surface area contributed by atoms with Crippen LogP contribution in [0.15, 0.2) is 24.3 Å². The highest BCUT2D eigenvalue weighted by Gasteiger charge is 2.17. The molecule has 3 heteroatoms. The van der Waals surface area contributed by atoms with Crippen molar-refractivity contribution in [1.82, 2.24) is 0 Å². The fraction of sp³-hybridized carbons (Fsp3) is 0.462. The molecule has 0 aromatic heterocycles. The number of methoxy groups -OCH3 is 1. The van der Waals surface area contributed by atoms with Gasteiger partial charge in [-0.15, -0.1) is 0 Å². The van der Waals surface area contributed by atoms with Gasteiger partial charge in [-0.05, 0) is 17.0 Å². The molecule has 1 atom stereocenters. The SMILES string of the molecule is COC(=O)C(O)Cc1ccccc1C(C)C. The van der Waals surface area contributed by atoms with E-state index in [0.29, 0.717) is 12.3 Å². The van der Waals surface area contributed by atoms with E-state index in [1.165, 1.54) is 7.11 Å². The fourth-order valence-corrected chi connectivity index (χ4v) is 1.71. The van der Waals surface area contributed by atoms with Crippen LogP contribution in [0.4, 0.5) is 0 Å². The molecular formula is C13H18O3. The lowest BCUT2D eigenvalue weighted by Gasteiger charge is -2.14. The predicted octanol–water partition coefficient (Wildman–Crippen LogP) is 1.89. The zero-order valence-electron chi connectivity index (χ0n) is 9.93. The topological polar surface area (TPSA) is 46.5 Å². The summed E-state index contributed by atoms with van der Waals surface area (Å²) in [6.07, 6.45) is -0.772. The Morgan fingerprint density at radius 2 is 2.00 bits per heavy atom. The van der Waals surface area contributed by atoms with Crippen molar-refractivity contribution in [3.63, 3.8) is 0 Å². The lowest BCUT2D eigenvalue weighted by Crippen LogP contribution is -2.24. The number of aliphatic hydroxyl groups is 1. The summed E-state index contributed by atoms with van der Waals surface area (Å²) in [4.78, 5) is 11.1. The van der Waals surface area contributed by atoms with Gasteiger partial charge in [0.25, 0.3) is 0 Å². The third-order valence-corrected chi connectivity index (χ3v) is 2.56. The van der Waals surface area contributed by atoms with Gasteiger partial charge < -0.3 is 9.84 Å². The predicted molar refractivity (Wildman–Crippen MR) is 62.3 cm³/mol. The monoisotopic (exact) mass is 222 g/mol. The highest BCUT2D eigenvalue weighted by Crippen LogP contribution is 2.20. The molecule has 0 spiro atoms. The number of benzene rings is 1. The number of rotatable bonds is 4. The molecule has 1 N–H and O–H groups in total. The molecule has 16 heavy (non-hydrogen) atoms. The minimum Gasteiger partial charge on any atom is -0.467 e. The zero-order valence-corrected chi connectivity index (χ0v) is 9.93. The second kappa shape index (κ2) is 5.66. The smallest absolute Gasteiger partial charge is 0.335 e. The molecule has 0 heterocycles. The second-order valence-electron chi connectivity index (χ2n) is 4.10. The van der Waals surface area contributed by atoms with E-state index >= 15 is 0 Å². The summed E-state index contributed by atoms with van der Waals surface area (Å²) in [6, 6.07) is 7.82. The van der Waals surface area contributed by atoms with E-state index in [1.807, 2.05) is 24.3 Å². The van der Waals surface area contributed by atoms with Crippen molar-refractivity contribution in [2.45, 2.75) is 32.3 Å². The summed E-state index contributed by atoms with van der Waals surface area (Å²) in [7, 11) is 1.28. The summed E-state index contributed by atoms with van der Waals surface area (Å²) in [5.74, 6) is -0.209. The third-order valence-electron chi connectivity index (χ3n) is 2.56. The Labute approximate surface area is 96.1 Å². The molecule has 0 aliphatic heterocycles. The number of ether oxygens (including phenoxy) is 1. The number of aliphatic hydroxyl groups excluding tert-OH is 1. The van der Waals surface area contributed by atoms with Gasteiger partial charge in [0.15, 0.2) is 6.10 Å². The van der Waals surface area contributed by atoms with E-state index in [2.05, 4.69) is 18.6 Å². The van der Waals surface area contributed by atoms with E-state index in [-0.39, 0.29) is 0 Å². The van der Waals surface area contributed by atoms with Gasteiger partial charge in [-0.2, -0.15) is 0 Å². The molecule has 0 saturated heterocycles. The van der Waals surface area contributed by atoms with E-state index in [4.69, 9.17) is 0 Å². The van der Waals surface area contributed by atoms with Crippen LogP contribution in [0.1, 0.15) is 30.9 Å². The minimum atomic E-state index is -1.08. The van der Waals surface area contributed by atoms with Crippen molar-refractivity contribution in [1.29, 1.82) is 0 Å². The summed E-state index contributed by atoms with van der Waals surface area (Å²) in [6.45, 7) is 4.17. The fourth-order valence-electron chi connectivity index (χ4n) is 1.71. The summed E-state index contributed by atoms with van der Waals surface area (Å²) >= 11 is 0. The zero-order chi connectivity index (χ0) is 12.1. The number of esters is 1. The van der Waals surface area contributed by atoms with Crippen molar-refractivity contribution in [2.24, 2.45) is 0 Å². The molecule has 0 aliphatic rings. The van der Waals surface area contributed by atoms with E-state index < -0.39 is 12.1 Å². The van der Waals surface area contributed by atoms with Crippen molar-refractivity contribution in [3.05, 3.63) is 35.4 Å². The van der Waals surface area contributed by atoms with Gasteiger partial charge in [-0.25, -0.2) is 4.79 Å². The van der Waals surface area contributed by atoms with E-state index in [0.717, 1.165) is 11.1 Å². The van der Waals surface area contributed by atoms with Crippen LogP contribution in [0.3, 0.4) is 0 Å². The maximum absolute atomic E-state index is 11.1. The molecule has 1 rings (SSSR count). The molecule has 0 amide bonds. The summed E-state index contributed by atoms with van der Waals surface area (Å²) < 4.78 is 4.50. The summed E-state index contributed by atoms with van der Waals surface area (Å²) in [5.41, 5.74) is 2.15. The van der Waals surface area contributed by atoms with E-state index in [1.54, 1.807) is 0 Å². The van der Waals surface area contributed by atoms with E-state index in [9.17, 15) is 9.90 Å². The van der Waals surface area contributed by atoms with Gasteiger partial charge in [0.1, 0.15) is 0 Å². The Balaban J connectivity index is 2.84. The Kier molecular flexibility index (Phi) is 4.50. The van der Waals surface area contributed by atoms with Crippen LogP contribution in [0.2, 0.25) is 0 Å². The molecule has 0 aliphatic carbocycles. The number of carbonyl (C=O) groups excluding carboxylic acids is 1. The van der Waals surface area contributed by atoms with Crippen molar-refractivity contribution >= 4 is 5.97 Å². The molecule has 88 valence electrons. The van der Waals surface area contributed by atoms with Gasteiger partial charge in [0, 0.05) is 6.42 Å². The Bertz CT molecular complexity index is 358. The van der Waals surface area contributed by atoms with Gasteiger partial charge in [0.05, 0.1) is 7.11 Å². The Morgan fingerprint density at radius 3 is 2.56 bits per heavy atom. The van der Waals surface area contributed by atoms with Crippen LogP contribution in [0, 0.1) is 0 Å². The number of hydrogen-bond donors (Lipinski definition) is 1. The average Bonchev–Trinajstić information content (AvgIpc) is 2.28. The first kappa shape index (κ1) is 12.7. The van der Waals surface area contributed by atoms with Crippen LogP contribution in [0.5, 0.6) is 0 Å². The Morgan fingerprint density at radius 1 is 1.38 bits per heavy atom. The van der Waals surface area contributed by atoms with Gasteiger partial charge in [-0.3, -0.25) is 0 Å². The maximum Gasteiger partial charge on any atom is 0.335 e. The van der Waals surface area contributed by atoms with Gasteiger partial charge in [0.2, 0.25) is 0 Å². The summed E-state index contributed by atoms with van der Waals surface area (Å²) in [5, 5.41) is 9.60. The largest absolute Gasteiger partial charge is 0.467 e. The van der Waals surface area contributed by atoms with Crippen molar-refractivity contribution < 1.29 is 14.6 Å². The van der Waals surface area contributed by atoms with Crippen LogP contribution in [-0.4, -0.2) is 24.3 Å². The highest BCUT2D eigenvalue weighted by molar-refractivity contribution is 5.74. The molecular weight excluding hydrogens is 204 g/mol. The average molecular weight is 222 g/mol. The van der Waals surface area contributed by atoms with Gasteiger partial charge in [-0.1, -0.05) is 38.1 Å². The lowest BCUT2D eigenvalue weighted by atomic mass is 9.94. The van der Waals surface area contributed by atoms with Crippen LogP contribution < -0.4 is 0 Å². The lowest BCUT2D eigenvalue weighted by molar-refractivity contribution is -0.150. The first-order chi connectivity index (χ1) is 7.56. The first-order valence-electron chi connectivity index (χ1n) is 5.40. The minimum absolute atomic E-state index is 0.307. The normalized spacial score (nSPS) is 12.6. The number of hydrogen-bond acceptors (Lipinski definition) is 3. The maximum atomic E-state index is 11.1. The highest BCUT2D eigenvalue weighted by atomic mass is 16.5. The van der Waals surface area contributed by atoms with Crippen molar-refractivity contribution in [3.8, 4) is 0 Å². The van der Waals surface area contributed by atoms with Crippen LogP contribution in [-0.2, 0) is 16.0 Å². The Hall–Kier alpha value is -1.35. The number of carbonyl (C=O) groups is 1. The van der Waals surface area contributed by atoms with Crippen molar-refractivity contribution in [2.75, 3.05) is 7.11 Å². The molecule has 0 saturated carbocycles. The van der Waals surface area contributed by atoms with Gasteiger partial charge >= 0.3 is 5.97 Å². The standard InChI is InChI=1S/C13H18O3/c1-9(2)11-7-5-4-6-10(11)8-12(14)13(15)16-3/h4-7,9,12,14H,8H2,1-3H3. The quantitative estimate of drug-likeness (QED) is 0.791. The molecule has 3 nitrogen and oxygen atoms in total. The molecule has 0 fully saturated rings. The van der Waals surface area contributed by atoms with Crippen LogP contribution in [0.25, 0.3) is 0 Å². The third kappa shape index (κ3) is 3.07. The van der Waals surface area contributed by atoms with Crippen LogP contribution >= 0.6 is 0 Å². The molecule has 1 unspecified atom stereocenters. The first-order valence-corrected chi connectivity index (χ1v) is 5.40. The molecule has 1 aromatic rings. The molecule has 1 aromatic carbocycles. The molecule has 0 radical (unpaired) electrons. The molecule has 0 bridgehead atoms. The second-order valence-corrected chi connectivity index (χ2v) is 4.10.